The Bertz CT molecular complexity index is 79.0. The van der Waals surface area contributed by atoms with E-state index < -0.39 is 0 Å². The molecular formula is C10H23NO2. The van der Waals surface area contributed by atoms with E-state index in [-0.39, 0.29) is 0 Å². The van der Waals surface area contributed by atoms with Gasteiger partial charge in [-0.25, -0.2) is 0 Å². The SMILES string of the molecule is CCCOCCCNCCOCC. The molecule has 0 aromatic rings. The second-order valence-corrected chi connectivity index (χ2v) is 2.91. The van der Waals surface area contributed by atoms with Crippen LogP contribution in [-0.4, -0.2) is 39.5 Å². The summed E-state index contributed by atoms with van der Waals surface area (Å²) in [5, 5.41) is 3.29. The zero-order chi connectivity index (χ0) is 9.78. The number of rotatable bonds is 10. The largest absolute Gasteiger partial charge is 0.381 e. The van der Waals surface area contributed by atoms with Gasteiger partial charge in [-0.3, -0.25) is 0 Å². The minimum Gasteiger partial charge on any atom is -0.381 e. The maximum atomic E-state index is 5.34. The highest BCUT2D eigenvalue weighted by Crippen LogP contribution is 1.83. The maximum Gasteiger partial charge on any atom is 0.0590 e. The molecule has 1 N–H and O–H groups in total. The fourth-order valence-electron chi connectivity index (χ4n) is 0.959. The lowest BCUT2D eigenvalue weighted by molar-refractivity contribution is 0.129. The van der Waals surface area contributed by atoms with Gasteiger partial charge in [0, 0.05) is 26.4 Å². The summed E-state index contributed by atoms with van der Waals surface area (Å²) in [7, 11) is 0. The van der Waals surface area contributed by atoms with Gasteiger partial charge in [0.1, 0.15) is 0 Å². The first kappa shape index (κ1) is 12.9. The smallest absolute Gasteiger partial charge is 0.0590 e. The fourth-order valence-corrected chi connectivity index (χ4v) is 0.959. The van der Waals surface area contributed by atoms with E-state index in [4.69, 9.17) is 9.47 Å². The van der Waals surface area contributed by atoms with E-state index in [1.54, 1.807) is 0 Å². The van der Waals surface area contributed by atoms with Gasteiger partial charge in [-0.1, -0.05) is 6.92 Å². The molecule has 0 heterocycles. The first-order valence-electron chi connectivity index (χ1n) is 5.28. The third kappa shape index (κ3) is 11.9. The molecule has 13 heavy (non-hydrogen) atoms. The van der Waals surface area contributed by atoms with Crippen molar-refractivity contribution in [2.75, 3.05) is 39.5 Å². The van der Waals surface area contributed by atoms with Crippen LogP contribution in [0, 0.1) is 0 Å². The first-order chi connectivity index (χ1) is 6.41. The van der Waals surface area contributed by atoms with Gasteiger partial charge in [-0.2, -0.15) is 0 Å². The summed E-state index contributed by atoms with van der Waals surface area (Å²) in [5.41, 5.74) is 0. The highest BCUT2D eigenvalue weighted by Gasteiger charge is 1.88. The van der Waals surface area contributed by atoms with Gasteiger partial charge in [-0.15, -0.1) is 0 Å². The van der Waals surface area contributed by atoms with Crippen molar-refractivity contribution in [3.63, 3.8) is 0 Å². The summed E-state index contributed by atoms with van der Waals surface area (Å²) in [4.78, 5) is 0. The van der Waals surface area contributed by atoms with Crippen LogP contribution >= 0.6 is 0 Å². The zero-order valence-electron chi connectivity index (χ0n) is 8.97. The van der Waals surface area contributed by atoms with Crippen LogP contribution in [0.25, 0.3) is 0 Å². The van der Waals surface area contributed by atoms with E-state index in [0.717, 1.165) is 52.4 Å². The molecule has 0 rings (SSSR count). The van der Waals surface area contributed by atoms with Crippen molar-refractivity contribution in [2.24, 2.45) is 0 Å². The third-order valence-corrected chi connectivity index (χ3v) is 1.62. The van der Waals surface area contributed by atoms with Crippen LogP contribution in [0.3, 0.4) is 0 Å². The molecule has 0 radical (unpaired) electrons. The molecule has 0 spiro atoms. The van der Waals surface area contributed by atoms with Gasteiger partial charge >= 0.3 is 0 Å². The van der Waals surface area contributed by atoms with E-state index in [9.17, 15) is 0 Å². The van der Waals surface area contributed by atoms with Crippen LogP contribution in [0.2, 0.25) is 0 Å². The van der Waals surface area contributed by atoms with Crippen LogP contribution in [0.4, 0.5) is 0 Å². The fraction of sp³-hybridized carbons (Fsp3) is 1.00. The van der Waals surface area contributed by atoms with Gasteiger partial charge in [0.25, 0.3) is 0 Å². The van der Waals surface area contributed by atoms with E-state index >= 15 is 0 Å². The van der Waals surface area contributed by atoms with Gasteiger partial charge < -0.3 is 14.8 Å². The van der Waals surface area contributed by atoms with Crippen molar-refractivity contribution in [3.05, 3.63) is 0 Å². The number of ether oxygens (including phenoxy) is 2. The Morgan fingerprint density at radius 2 is 1.77 bits per heavy atom. The molecule has 0 bridgehead atoms. The van der Waals surface area contributed by atoms with Crippen molar-refractivity contribution in [1.29, 1.82) is 0 Å². The van der Waals surface area contributed by atoms with Crippen LogP contribution < -0.4 is 5.32 Å². The summed E-state index contributed by atoms with van der Waals surface area (Å²) in [5.74, 6) is 0. The van der Waals surface area contributed by atoms with Crippen LogP contribution in [0.15, 0.2) is 0 Å². The lowest BCUT2D eigenvalue weighted by atomic mass is 10.4. The summed E-state index contributed by atoms with van der Waals surface area (Å²) >= 11 is 0. The molecule has 0 aliphatic heterocycles. The lowest BCUT2D eigenvalue weighted by Gasteiger charge is -2.05. The molecule has 0 aliphatic carbocycles. The maximum absolute atomic E-state index is 5.34. The Morgan fingerprint density at radius 3 is 2.46 bits per heavy atom. The molecule has 0 aliphatic rings. The Kier molecular flexibility index (Phi) is 11.8. The Morgan fingerprint density at radius 1 is 0.923 bits per heavy atom. The molecule has 0 saturated carbocycles. The second-order valence-electron chi connectivity index (χ2n) is 2.91. The van der Waals surface area contributed by atoms with Gasteiger partial charge in [-0.05, 0) is 26.3 Å². The Labute approximate surface area is 81.8 Å². The Balaban J connectivity index is 2.76. The van der Waals surface area contributed by atoms with Gasteiger partial charge in [0.15, 0.2) is 0 Å². The standard InChI is InChI=1S/C10H23NO2/c1-3-8-13-9-5-6-11-7-10-12-4-2/h11H,3-10H2,1-2H3. The number of hydrogen-bond donors (Lipinski definition) is 1. The van der Waals surface area contributed by atoms with Gasteiger partial charge in [0.2, 0.25) is 0 Å². The molecule has 3 nitrogen and oxygen atoms in total. The quantitative estimate of drug-likeness (QED) is 0.527. The first-order valence-corrected chi connectivity index (χ1v) is 5.28. The van der Waals surface area contributed by atoms with E-state index in [1.807, 2.05) is 6.92 Å². The molecule has 0 amide bonds. The minimum atomic E-state index is 0.807. The molecule has 3 heteroatoms. The molecule has 0 aromatic heterocycles. The van der Waals surface area contributed by atoms with E-state index in [1.165, 1.54) is 0 Å². The monoisotopic (exact) mass is 189 g/mol. The summed E-state index contributed by atoms with van der Waals surface area (Å²) in [6.07, 6.45) is 2.20. The van der Waals surface area contributed by atoms with Crippen molar-refractivity contribution >= 4 is 0 Å². The zero-order valence-corrected chi connectivity index (χ0v) is 8.97. The molecule has 0 saturated heterocycles. The molecule has 0 fully saturated rings. The lowest BCUT2D eigenvalue weighted by Crippen LogP contribution is -2.21. The van der Waals surface area contributed by atoms with E-state index in [0.29, 0.717) is 0 Å². The molecular weight excluding hydrogens is 166 g/mol. The third-order valence-electron chi connectivity index (χ3n) is 1.62. The number of nitrogens with one attached hydrogen (secondary N) is 1. The Hall–Kier alpha value is -0.120. The van der Waals surface area contributed by atoms with Crippen molar-refractivity contribution < 1.29 is 9.47 Å². The average Bonchev–Trinajstić information content (AvgIpc) is 2.16. The van der Waals surface area contributed by atoms with Crippen LogP contribution in [0.5, 0.6) is 0 Å². The summed E-state index contributed by atoms with van der Waals surface area (Å²) < 4.78 is 10.5. The van der Waals surface area contributed by atoms with E-state index in [2.05, 4.69) is 12.2 Å². The predicted molar refractivity (Wildman–Crippen MR) is 55.1 cm³/mol. The van der Waals surface area contributed by atoms with Crippen LogP contribution in [0.1, 0.15) is 26.7 Å². The topological polar surface area (TPSA) is 30.5 Å². The predicted octanol–water partition coefficient (Wildman–Crippen LogP) is 1.43. The summed E-state index contributed by atoms with van der Waals surface area (Å²) in [6, 6.07) is 0. The van der Waals surface area contributed by atoms with Gasteiger partial charge in [0.05, 0.1) is 6.61 Å². The average molecular weight is 189 g/mol. The molecule has 0 atom stereocenters. The second kappa shape index (κ2) is 11.9. The highest BCUT2D eigenvalue weighted by atomic mass is 16.5. The highest BCUT2D eigenvalue weighted by molar-refractivity contribution is 4.46. The van der Waals surface area contributed by atoms with Crippen molar-refractivity contribution in [1.82, 2.24) is 5.32 Å². The summed E-state index contributed by atoms with van der Waals surface area (Å²) in [6.45, 7) is 9.49. The molecule has 80 valence electrons. The normalized spacial score (nSPS) is 10.6. The number of hydrogen-bond acceptors (Lipinski definition) is 3. The molecule has 0 unspecified atom stereocenters. The molecule has 0 aromatic carbocycles. The van der Waals surface area contributed by atoms with Crippen LogP contribution in [-0.2, 0) is 9.47 Å². The minimum absolute atomic E-state index is 0.807. The van der Waals surface area contributed by atoms with Crippen molar-refractivity contribution in [3.8, 4) is 0 Å². The van der Waals surface area contributed by atoms with Crippen molar-refractivity contribution in [2.45, 2.75) is 26.7 Å².